The maximum Gasteiger partial charge on any atom is 0.134 e. The van der Waals surface area contributed by atoms with Crippen molar-refractivity contribution < 1.29 is 4.42 Å². The van der Waals surface area contributed by atoms with Crippen LogP contribution in [0, 0.1) is 0 Å². The van der Waals surface area contributed by atoms with Crippen LogP contribution < -0.4 is 5.32 Å². The third-order valence-electron chi connectivity index (χ3n) is 3.70. The number of rotatable bonds is 4. The number of benzene rings is 1. The molecule has 0 aliphatic rings. The minimum Gasteiger partial charge on any atom is -0.459 e. The number of nitrogens with one attached hydrogen (secondary N) is 1. The molecule has 0 spiro atoms. The molecule has 0 unspecified atom stereocenters. The Morgan fingerprint density at radius 2 is 1.90 bits per heavy atom. The van der Waals surface area contributed by atoms with E-state index in [0.29, 0.717) is 5.92 Å². The maximum atomic E-state index is 6.06. The standard InChI is InChI=1S/C18H27NO/c1-7-14-15-10-13(12(2)3)8-9-16(15)20-17(14)11-19-18(4,5)6/h8-10,12,19H,7,11H2,1-6H3. The topological polar surface area (TPSA) is 25.2 Å². The van der Waals surface area contributed by atoms with Crippen LogP contribution in [0.2, 0.25) is 0 Å². The van der Waals surface area contributed by atoms with Crippen molar-refractivity contribution in [3.05, 3.63) is 35.1 Å². The van der Waals surface area contributed by atoms with Gasteiger partial charge >= 0.3 is 0 Å². The lowest BCUT2D eigenvalue weighted by atomic mass is 9.99. The molecular formula is C18H27NO. The molecule has 110 valence electrons. The van der Waals surface area contributed by atoms with E-state index in [1.807, 2.05) is 0 Å². The summed E-state index contributed by atoms with van der Waals surface area (Å²) in [4.78, 5) is 0. The highest BCUT2D eigenvalue weighted by Crippen LogP contribution is 2.29. The highest BCUT2D eigenvalue weighted by atomic mass is 16.3. The first-order chi connectivity index (χ1) is 9.31. The summed E-state index contributed by atoms with van der Waals surface area (Å²) in [5.41, 5.74) is 3.84. The normalized spacial score (nSPS) is 12.6. The summed E-state index contributed by atoms with van der Waals surface area (Å²) in [6, 6.07) is 6.59. The fourth-order valence-electron chi connectivity index (χ4n) is 2.45. The van der Waals surface area contributed by atoms with Crippen LogP contribution in [0.25, 0.3) is 11.0 Å². The van der Waals surface area contributed by atoms with Gasteiger partial charge in [0.2, 0.25) is 0 Å². The lowest BCUT2D eigenvalue weighted by molar-refractivity contribution is 0.393. The lowest BCUT2D eigenvalue weighted by Gasteiger charge is -2.19. The first-order valence-electron chi connectivity index (χ1n) is 7.61. The quantitative estimate of drug-likeness (QED) is 0.847. The van der Waals surface area contributed by atoms with Crippen molar-refractivity contribution in [2.24, 2.45) is 0 Å². The zero-order valence-electron chi connectivity index (χ0n) is 13.6. The predicted molar refractivity (Wildman–Crippen MR) is 86.3 cm³/mol. The third kappa shape index (κ3) is 3.24. The SMILES string of the molecule is CCc1c(CNC(C)(C)C)oc2ccc(C(C)C)cc12. The van der Waals surface area contributed by atoms with E-state index in [9.17, 15) is 0 Å². The molecule has 0 amide bonds. The van der Waals surface area contributed by atoms with E-state index in [4.69, 9.17) is 4.42 Å². The number of aryl methyl sites for hydroxylation is 1. The van der Waals surface area contributed by atoms with Gasteiger partial charge in [0, 0.05) is 16.5 Å². The number of hydrogen-bond donors (Lipinski definition) is 1. The molecule has 2 heteroatoms. The van der Waals surface area contributed by atoms with Crippen molar-refractivity contribution in [1.82, 2.24) is 5.32 Å². The van der Waals surface area contributed by atoms with Gasteiger partial charge in [-0.05, 0) is 50.8 Å². The van der Waals surface area contributed by atoms with Crippen molar-refractivity contribution in [1.29, 1.82) is 0 Å². The van der Waals surface area contributed by atoms with Gasteiger partial charge in [-0.2, -0.15) is 0 Å². The molecule has 0 fully saturated rings. The van der Waals surface area contributed by atoms with E-state index in [2.05, 4.69) is 65.1 Å². The van der Waals surface area contributed by atoms with Gasteiger partial charge in [0.25, 0.3) is 0 Å². The molecule has 1 aromatic carbocycles. The summed E-state index contributed by atoms with van der Waals surface area (Å²) in [6.07, 6.45) is 1.01. The van der Waals surface area contributed by atoms with Gasteiger partial charge in [-0.3, -0.25) is 0 Å². The third-order valence-corrected chi connectivity index (χ3v) is 3.70. The van der Waals surface area contributed by atoms with Gasteiger partial charge in [-0.15, -0.1) is 0 Å². The van der Waals surface area contributed by atoms with Crippen LogP contribution >= 0.6 is 0 Å². The second-order valence-electron chi connectivity index (χ2n) is 6.87. The Hall–Kier alpha value is -1.28. The van der Waals surface area contributed by atoms with Crippen LogP contribution in [0.3, 0.4) is 0 Å². The summed E-state index contributed by atoms with van der Waals surface area (Å²) in [7, 11) is 0. The highest BCUT2D eigenvalue weighted by Gasteiger charge is 2.16. The summed E-state index contributed by atoms with van der Waals surface area (Å²) in [5.74, 6) is 1.63. The van der Waals surface area contributed by atoms with Gasteiger partial charge in [-0.25, -0.2) is 0 Å². The summed E-state index contributed by atoms with van der Waals surface area (Å²) >= 11 is 0. The highest BCUT2D eigenvalue weighted by molar-refractivity contribution is 5.83. The average Bonchev–Trinajstić information content (AvgIpc) is 2.71. The minimum absolute atomic E-state index is 0.104. The van der Waals surface area contributed by atoms with Crippen molar-refractivity contribution >= 4 is 11.0 Å². The molecular weight excluding hydrogens is 246 g/mol. The molecule has 0 saturated carbocycles. The molecule has 1 heterocycles. The Morgan fingerprint density at radius 3 is 2.45 bits per heavy atom. The van der Waals surface area contributed by atoms with E-state index in [-0.39, 0.29) is 5.54 Å². The van der Waals surface area contributed by atoms with Crippen molar-refractivity contribution in [2.45, 2.75) is 66.0 Å². The van der Waals surface area contributed by atoms with Crippen LogP contribution in [-0.2, 0) is 13.0 Å². The van der Waals surface area contributed by atoms with Gasteiger partial charge in [0.05, 0.1) is 6.54 Å². The van der Waals surface area contributed by atoms with Crippen LogP contribution in [0.4, 0.5) is 0 Å². The molecule has 2 aromatic rings. The molecule has 2 rings (SSSR count). The van der Waals surface area contributed by atoms with Crippen molar-refractivity contribution in [3.8, 4) is 0 Å². The zero-order valence-corrected chi connectivity index (χ0v) is 13.6. The summed E-state index contributed by atoms with van der Waals surface area (Å²) in [6.45, 7) is 14.0. The van der Waals surface area contributed by atoms with Gasteiger partial charge < -0.3 is 9.73 Å². The Bertz CT molecular complexity index is 587. The summed E-state index contributed by atoms with van der Waals surface area (Å²) < 4.78 is 6.06. The van der Waals surface area contributed by atoms with Crippen LogP contribution in [-0.4, -0.2) is 5.54 Å². The van der Waals surface area contributed by atoms with E-state index in [0.717, 1.165) is 24.3 Å². The lowest BCUT2D eigenvalue weighted by Crippen LogP contribution is -2.35. The molecule has 0 aliphatic carbocycles. The minimum atomic E-state index is 0.104. The Morgan fingerprint density at radius 1 is 1.20 bits per heavy atom. The average molecular weight is 273 g/mol. The van der Waals surface area contributed by atoms with E-state index < -0.39 is 0 Å². The van der Waals surface area contributed by atoms with Crippen LogP contribution in [0.5, 0.6) is 0 Å². The monoisotopic (exact) mass is 273 g/mol. The first-order valence-corrected chi connectivity index (χ1v) is 7.61. The van der Waals surface area contributed by atoms with E-state index in [1.54, 1.807) is 0 Å². The smallest absolute Gasteiger partial charge is 0.134 e. The second-order valence-corrected chi connectivity index (χ2v) is 6.87. The second kappa shape index (κ2) is 5.61. The molecule has 2 nitrogen and oxygen atoms in total. The largest absolute Gasteiger partial charge is 0.459 e. The molecule has 1 N–H and O–H groups in total. The Balaban J connectivity index is 2.41. The van der Waals surface area contributed by atoms with Gasteiger partial charge in [0.1, 0.15) is 11.3 Å². The number of fused-ring (bicyclic) bond motifs is 1. The van der Waals surface area contributed by atoms with Crippen LogP contribution in [0.1, 0.15) is 64.3 Å². The number of hydrogen-bond acceptors (Lipinski definition) is 2. The molecule has 0 radical (unpaired) electrons. The molecule has 0 saturated heterocycles. The zero-order chi connectivity index (χ0) is 14.9. The van der Waals surface area contributed by atoms with Crippen LogP contribution in [0.15, 0.2) is 22.6 Å². The van der Waals surface area contributed by atoms with E-state index in [1.165, 1.54) is 16.5 Å². The maximum absolute atomic E-state index is 6.06. The fraction of sp³-hybridized carbons (Fsp3) is 0.556. The number of furan rings is 1. The Kier molecular flexibility index (Phi) is 4.24. The predicted octanol–water partition coefficient (Wildman–Crippen LogP) is 5.01. The van der Waals surface area contributed by atoms with Crippen molar-refractivity contribution in [2.75, 3.05) is 0 Å². The van der Waals surface area contributed by atoms with Gasteiger partial charge in [0.15, 0.2) is 0 Å². The Labute approximate surface area is 122 Å². The van der Waals surface area contributed by atoms with Crippen molar-refractivity contribution in [3.63, 3.8) is 0 Å². The molecule has 20 heavy (non-hydrogen) atoms. The molecule has 0 atom stereocenters. The molecule has 1 aromatic heterocycles. The van der Waals surface area contributed by atoms with E-state index >= 15 is 0 Å². The fourth-order valence-corrected chi connectivity index (χ4v) is 2.45. The van der Waals surface area contributed by atoms with Gasteiger partial charge in [-0.1, -0.05) is 26.8 Å². The summed E-state index contributed by atoms with van der Waals surface area (Å²) in [5, 5.41) is 4.80. The molecule has 0 aliphatic heterocycles. The first kappa shape index (κ1) is 15.1. The molecule has 0 bridgehead atoms.